The summed E-state index contributed by atoms with van der Waals surface area (Å²) in [7, 11) is -1.79. The Morgan fingerprint density at radius 3 is 2.60 bits per heavy atom. The first-order valence-electron chi connectivity index (χ1n) is 5.93. The van der Waals surface area contributed by atoms with Crippen LogP contribution in [0.4, 0.5) is 5.69 Å². The van der Waals surface area contributed by atoms with Gasteiger partial charge in [-0.1, -0.05) is 0 Å². The van der Waals surface area contributed by atoms with Gasteiger partial charge in [0.15, 0.2) is 0 Å². The molecule has 0 aliphatic carbocycles. The number of nitrogens with one attached hydrogen (secondary N) is 2. The minimum absolute atomic E-state index is 0.188. The quantitative estimate of drug-likeness (QED) is 0.571. The summed E-state index contributed by atoms with van der Waals surface area (Å²) < 4.78 is 35.2. The number of rotatable bonds is 7. The van der Waals surface area contributed by atoms with Crippen molar-refractivity contribution in [1.29, 1.82) is 0 Å². The second-order valence-corrected chi connectivity index (χ2v) is 5.70. The summed E-state index contributed by atoms with van der Waals surface area (Å²) in [4.78, 5) is 11.6. The third kappa shape index (κ3) is 5.06. The number of anilines is 1. The SMILES string of the molecule is CCOC(=O)c1ccc(OCNC)c(NS(C)(=O)=O)c1. The second-order valence-electron chi connectivity index (χ2n) is 3.95. The fourth-order valence-corrected chi connectivity index (χ4v) is 1.99. The molecule has 0 spiro atoms. The molecule has 0 aromatic heterocycles. The Balaban J connectivity index is 3.10. The smallest absolute Gasteiger partial charge is 0.338 e. The number of carbonyl (C=O) groups excluding carboxylic acids is 1. The average molecular weight is 302 g/mol. The van der Waals surface area contributed by atoms with Gasteiger partial charge in [0.2, 0.25) is 10.0 Å². The van der Waals surface area contributed by atoms with E-state index in [1.807, 2.05) is 0 Å². The van der Waals surface area contributed by atoms with Crippen molar-refractivity contribution in [3.63, 3.8) is 0 Å². The van der Waals surface area contributed by atoms with E-state index in [1.54, 1.807) is 14.0 Å². The number of carbonyl (C=O) groups is 1. The number of sulfonamides is 1. The summed E-state index contributed by atoms with van der Waals surface area (Å²) in [6.45, 7) is 2.14. The maximum atomic E-state index is 11.6. The highest BCUT2D eigenvalue weighted by molar-refractivity contribution is 7.92. The van der Waals surface area contributed by atoms with Crippen LogP contribution in [-0.2, 0) is 14.8 Å². The van der Waals surface area contributed by atoms with Crippen molar-refractivity contribution < 1.29 is 22.7 Å². The largest absolute Gasteiger partial charge is 0.476 e. The lowest BCUT2D eigenvalue weighted by Gasteiger charge is -2.13. The summed E-state index contributed by atoms with van der Waals surface area (Å²) in [5, 5.41) is 2.77. The number of benzene rings is 1. The monoisotopic (exact) mass is 302 g/mol. The van der Waals surface area contributed by atoms with Crippen molar-refractivity contribution >= 4 is 21.7 Å². The van der Waals surface area contributed by atoms with Crippen LogP contribution in [-0.4, -0.2) is 41.0 Å². The first-order valence-corrected chi connectivity index (χ1v) is 7.83. The summed E-state index contributed by atoms with van der Waals surface area (Å²) in [6, 6.07) is 4.40. The van der Waals surface area contributed by atoms with Crippen molar-refractivity contribution in [2.75, 3.05) is 31.4 Å². The highest BCUT2D eigenvalue weighted by Gasteiger charge is 2.14. The van der Waals surface area contributed by atoms with E-state index in [-0.39, 0.29) is 24.6 Å². The highest BCUT2D eigenvalue weighted by Crippen LogP contribution is 2.27. The molecule has 0 aliphatic heterocycles. The molecule has 1 rings (SSSR count). The molecular weight excluding hydrogens is 284 g/mol. The predicted molar refractivity (Wildman–Crippen MR) is 75.4 cm³/mol. The van der Waals surface area contributed by atoms with Gasteiger partial charge in [-0.05, 0) is 32.2 Å². The molecule has 0 fully saturated rings. The van der Waals surface area contributed by atoms with E-state index in [0.29, 0.717) is 5.75 Å². The lowest BCUT2D eigenvalue weighted by Crippen LogP contribution is -2.17. The summed E-state index contributed by atoms with van der Waals surface area (Å²) in [5.41, 5.74) is 0.433. The molecule has 112 valence electrons. The first kappa shape index (κ1) is 16.3. The molecule has 0 amide bonds. The lowest BCUT2D eigenvalue weighted by molar-refractivity contribution is 0.0526. The normalized spacial score (nSPS) is 10.9. The van der Waals surface area contributed by atoms with Crippen LogP contribution < -0.4 is 14.8 Å². The number of ether oxygens (including phenoxy) is 2. The standard InChI is InChI=1S/C12H18N2O5S/c1-4-18-12(15)9-5-6-11(19-8-13-2)10(7-9)14-20(3,16)17/h5-7,13-14H,4,8H2,1-3H3. The Bertz CT molecular complexity index is 571. The first-order chi connectivity index (χ1) is 9.37. The Morgan fingerprint density at radius 2 is 2.05 bits per heavy atom. The van der Waals surface area contributed by atoms with Crippen molar-refractivity contribution in [2.45, 2.75) is 6.92 Å². The zero-order valence-electron chi connectivity index (χ0n) is 11.6. The molecule has 1 aromatic carbocycles. The van der Waals surface area contributed by atoms with E-state index in [0.717, 1.165) is 6.26 Å². The number of hydrogen-bond acceptors (Lipinski definition) is 6. The predicted octanol–water partition coefficient (Wildman–Crippen LogP) is 0.791. The van der Waals surface area contributed by atoms with Crippen LogP contribution in [0.1, 0.15) is 17.3 Å². The topological polar surface area (TPSA) is 93.7 Å². The number of hydrogen-bond donors (Lipinski definition) is 2. The van der Waals surface area contributed by atoms with E-state index in [1.165, 1.54) is 18.2 Å². The van der Waals surface area contributed by atoms with Gasteiger partial charge in [0, 0.05) is 0 Å². The van der Waals surface area contributed by atoms with Crippen LogP contribution in [0.25, 0.3) is 0 Å². The molecule has 0 saturated carbocycles. The van der Waals surface area contributed by atoms with Gasteiger partial charge in [-0.3, -0.25) is 10.0 Å². The minimum Gasteiger partial charge on any atom is -0.476 e. The van der Waals surface area contributed by atoms with Crippen LogP contribution in [0.5, 0.6) is 5.75 Å². The van der Waals surface area contributed by atoms with Crippen LogP contribution in [0.2, 0.25) is 0 Å². The molecule has 8 heteroatoms. The molecule has 20 heavy (non-hydrogen) atoms. The Labute approximate surface area is 118 Å². The third-order valence-corrected chi connectivity index (χ3v) is 2.75. The van der Waals surface area contributed by atoms with Gasteiger partial charge in [0.1, 0.15) is 12.5 Å². The molecule has 0 bridgehead atoms. The fourth-order valence-electron chi connectivity index (χ4n) is 1.43. The van der Waals surface area contributed by atoms with Gasteiger partial charge in [-0.15, -0.1) is 0 Å². The summed E-state index contributed by atoms with van der Waals surface area (Å²) >= 11 is 0. The number of esters is 1. The molecule has 2 N–H and O–H groups in total. The van der Waals surface area contributed by atoms with Crippen LogP contribution >= 0.6 is 0 Å². The molecular formula is C12H18N2O5S. The fraction of sp³-hybridized carbons (Fsp3) is 0.417. The van der Waals surface area contributed by atoms with E-state index < -0.39 is 16.0 Å². The van der Waals surface area contributed by atoms with Gasteiger partial charge in [0.05, 0.1) is 24.1 Å². The van der Waals surface area contributed by atoms with E-state index in [4.69, 9.17) is 9.47 Å². The third-order valence-electron chi connectivity index (χ3n) is 2.16. The molecule has 0 heterocycles. The molecule has 0 radical (unpaired) electrons. The Hall–Kier alpha value is -1.80. The van der Waals surface area contributed by atoms with Gasteiger partial charge in [-0.2, -0.15) is 0 Å². The lowest BCUT2D eigenvalue weighted by atomic mass is 10.2. The summed E-state index contributed by atoms with van der Waals surface area (Å²) in [6.07, 6.45) is 1.02. The molecule has 0 aliphatic rings. The van der Waals surface area contributed by atoms with Gasteiger partial charge in [0.25, 0.3) is 0 Å². The molecule has 0 saturated heterocycles. The zero-order valence-corrected chi connectivity index (χ0v) is 12.4. The second kappa shape index (κ2) is 7.11. The highest BCUT2D eigenvalue weighted by atomic mass is 32.2. The van der Waals surface area contributed by atoms with Crippen LogP contribution in [0.15, 0.2) is 18.2 Å². The van der Waals surface area contributed by atoms with Crippen molar-refractivity contribution in [2.24, 2.45) is 0 Å². The van der Waals surface area contributed by atoms with Gasteiger partial charge < -0.3 is 9.47 Å². The minimum atomic E-state index is -3.48. The molecule has 0 unspecified atom stereocenters. The van der Waals surface area contributed by atoms with E-state index >= 15 is 0 Å². The molecule has 7 nitrogen and oxygen atoms in total. The van der Waals surface area contributed by atoms with Crippen molar-refractivity contribution in [1.82, 2.24) is 5.32 Å². The van der Waals surface area contributed by atoms with Crippen molar-refractivity contribution in [3.05, 3.63) is 23.8 Å². The van der Waals surface area contributed by atoms with Crippen LogP contribution in [0, 0.1) is 0 Å². The maximum Gasteiger partial charge on any atom is 0.338 e. The average Bonchev–Trinajstić information content (AvgIpc) is 2.35. The van der Waals surface area contributed by atoms with Crippen LogP contribution in [0.3, 0.4) is 0 Å². The maximum absolute atomic E-state index is 11.6. The van der Waals surface area contributed by atoms with Crippen molar-refractivity contribution in [3.8, 4) is 5.75 Å². The molecule has 1 aromatic rings. The van der Waals surface area contributed by atoms with Gasteiger partial charge in [-0.25, -0.2) is 13.2 Å². The Morgan fingerprint density at radius 1 is 1.35 bits per heavy atom. The molecule has 0 atom stereocenters. The van der Waals surface area contributed by atoms with E-state index in [2.05, 4.69) is 10.0 Å². The Kier molecular flexibility index (Phi) is 5.78. The van der Waals surface area contributed by atoms with E-state index in [9.17, 15) is 13.2 Å². The zero-order chi connectivity index (χ0) is 15.2. The van der Waals surface area contributed by atoms with Gasteiger partial charge >= 0.3 is 5.97 Å². The summed E-state index contributed by atoms with van der Waals surface area (Å²) in [5.74, 6) is -0.206.